The van der Waals surface area contributed by atoms with E-state index in [4.69, 9.17) is 5.11 Å². The molecule has 3 N–H and O–H groups in total. The van der Waals surface area contributed by atoms with Gasteiger partial charge in [0.1, 0.15) is 0 Å². The number of allylic oxidation sites excluding steroid dienone is 3. The number of carboxylic acid groups (broad SMARTS) is 1. The van der Waals surface area contributed by atoms with Gasteiger partial charge in [-0.15, -0.1) is 4.83 Å². The summed E-state index contributed by atoms with van der Waals surface area (Å²) in [6, 6.07) is 6.76. The van der Waals surface area contributed by atoms with Crippen molar-refractivity contribution in [2.75, 3.05) is 0 Å². The maximum atomic E-state index is 12.4. The minimum atomic E-state index is -3.60. The van der Waals surface area contributed by atoms with Crippen molar-refractivity contribution in [3.05, 3.63) is 53.8 Å². The van der Waals surface area contributed by atoms with Crippen LogP contribution in [0.2, 0.25) is 0 Å². The molecule has 0 aliphatic heterocycles. The molecular formula is C22H30N2O4S. The van der Waals surface area contributed by atoms with Crippen LogP contribution in [0.5, 0.6) is 0 Å². The number of carboxylic acids is 1. The van der Waals surface area contributed by atoms with Gasteiger partial charge in [0.05, 0.1) is 4.90 Å². The summed E-state index contributed by atoms with van der Waals surface area (Å²) in [5.41, 5.74) is 5.14. The van der Waals surface area contributed by atoms with Crippen LogP contribution in [-0.4, -0.2) is 19.5 Å². The Kier molecular flexibility index (Phi) is 7.14. The molecule has 0 heterocycles. The van der Waals surface area contributed by atoms with Crippen LogP contribution in [0.3, 0.4) is 0 Å². The number of aryl methyl sites for hydroxylation is 1. The van der Waals surface area contributed by atoms with E-state index in [-0.39, 0.29) is 11.3 Å². The molecule has 2 saturated carbocycles. The first-order valence-corrected chi connectivity index (χ1v) is 11.8. The van der Waals surface area contributed by atoms with Crippen molar-refractivity contribution in [1.82, 2.24) is 10.3 Å². The summed E-state index contributed by atoms with van der Waals surface area (Å²) in [6.07, 6.45) is 12.2. The van der Waals surface area contributed by atoms with E-state index in [0.717, 1.165) is 18.4 Å². The van der Waals surface area contributed by atoms with Gasteiger partial charge in [-0.05, 0) is 80.9 Å². The molecule has 1 aromatic rings. The molecule has 7 heteroatoms. The van der Waals surface area contributed by atoms with Crippen LogP contribution < -0.4 is 10.3 Å². The lowest BCUT2D eigenvalue weighted by molar-refractivity contribution is -0.137. The van der Waals surface area contributed by atoms with Crippen LogP contribution in [0.15, 0.2) is 53.1 Å². The predicted octanol–water partition coefficient (Wildman–Crippen LogP) is 3.91. The molecule has 2 fully saturated rings. The summed E-state index contributed by atoms with van der Waals surface area (Å²) in [4.78, 5) is 13.3. The number of carbonyl (C=O) groups is 1. The van der Waals surface area contributed by atoms with E-state index in [1.165, 1.54) is 24.8 Å². The van der Waals surface area contributed by atoms with E-state index in [0.29, 0.717) is 24.2 Å². The summed E-state index contributed by atoms with van der Waals surface area (Å²) in [6.45, 7) is 1.92. The molecule has 0 amide bonds. The SMILES string of the molecule is Cc1ccc(S(=O)(=O)NNC=C2C3CCC(C3)C2CC=CCCCC(=O)O)cc1. The predicted molar refractivity (Wildman–Crippen MR) is 112 cm³/mol. The highest BCUT2D eigenvalue weighted by molar-refractivity contribution is 7.89. The van der Waals surface area contributed by atoms with Crippen molar-refractivity contribution >= 4 is 16.0 Å². The van der Waals surface area contributed by atoms with Gasteiger partial charge in [-0.2, -0.15) is 0 Å². The smallest absolute Gasteiger partial charge is 0.303 e. The molecule has 0 aromatic heterocycles. The number of unbranched alkanes of at least 4 members (excludes halogenated alkanes) is 1. The minimum Gasteiger partial charge on any atom is -0.481 e. The lowest BCUT2D eigenvalue weighted by Crippen LogP contribution is -2.34. The second-order valence-electron chi connectivity index (χ2n) is 8.08. The quantitative estimate of drug-likeness (QED) is 0.304. The molecule has 3 atom stereocenters. The summed E-state index contributed by atoms with van der Waals surface area (Å²) >= 11 is 0. The second-order valence-corrected chi connectivity index (χ2v) is 9.76. The summed E-state index contributed by atoms with van der Waals surface area (Å²) in [5, 5.41) is 8.69. The average Bonchev–Trinajstić information content (AvgIpc) is 3.27. The molecule has 158 valence electrons. The van der Waals surface area contributed by atoms with Crippen LogP contribution in [0, 0.1) is 24.7 Å². The van der Waals surface area contributed by atoms with Crippen molar-refractivity contribution in [2.24, 2.45) is 17.8 Å². The number of sulfonamides is 1. The Labute approximate surface area is 173 Å². The van der Waals surface area contributed by atoms with Crippen LogP contribution in [0.4, 0.5) is 0 Å². The zero-order valence-electron chi connectivity index (χ0n) is 16.8. The van der Waals surface area contributed by atoms with E-state index in [2.05, 4.69) is 22.4 Å². The number of hydrazine groups is 1. The van der Waals surface area contributed by atoms with E-state index >= 15 is 0 Å². The van der Waals surface area contributed by atoms with Crippen molar-refractivity contribution in [1.29, 1.82) is 0 Å². The van der Waals surface area contributed by atoms with E-state index in [1.807, 2.05) is 13.1 Å². The topological polar surface area (TPSA) is 95.5 Å². The second kappa shape index (κ2) is 9.59. The summed E-state index contributed by atoms with van der Waals surface area (Å²) in [7, 11) is -3.60. The van der Waals surface area contributed by atoms with Crippen molar-refractivity contribution in [2.45, 2.75) is 56.8 Å². The number of fused-ring (bicyclic) bond motifs is 2. The lowest BCUT2D eigenvalue weighted by atomic mass is 9.82. The molecular weight excluding hydrogens is 388 g/mol. The van der Waals surface area contributed by atoms with E-state index in [9.17, 15) is 13.2 Å². The fourth-order valence-electron chi connectivity index (χ4n) is 4.51. The normalized spacial score (nSPS) is 25.1. The molecule has 3 rings (SSSR count). The number of rotatable bonds is 10. The Hall–Kier alpha value is -2.12. The van der Waals surface area contributed by atoms with Crippen LogP contribution >= 0.6 is 0 Å². The minimum absolute atomic E-state index is 0.203. The third kappa shape index (κ3) is 5.70. The number of hydrogen-bond donors (Lipinski definition) is 3. The van der Waals surface area contributed by atoms with Crippen LogP contribution in [0.25, 0.3) is 0 Å². The Morgan fingerprint density at radius 3 is 2.69 bits per heavy atom. The fraction of sp³-hybridized carbons (Fsp3) is 0.500. The Morgan fingerprint density at radius 1 is 1.21 bits per heavy atom. The first-order valence-electron chi connectivity index (χ1n) is 10.3. The number of benzene rings is 1. The Morgan fingerprint density at radius 2 is 1.97 bits per heavy atom. The van der Waals surface area contributed by atoms with Gasteiger partial charge < -0.3 is 10.5 Å². The largest absolute Gasteiger partial charge is 0.481 e. The third-order valence-corrected chi connectivity index (χ3v) is 7.30. The molecule has 0 radical (unpaired) electrons. The zero-order chi connectivity index (χ0) is 20.9. The van der Waals surface area contributed by atoms with Gasteiger partial charge >= 0.3 is 5.97 Å². The molecule has 6 nitrogen and oxygen atoms in total. The molecule has 2 aliphatic carbocycles. The van der Waals surface area contributed by atoms with Gasteiger partial charge in [0.25, 0.3) is 10.0 Å². The Bertz CT molecular complexity index is 875. The van der Waals surface area contributed by atoms with E-state index in [1.54, 1.807) is 24.3 Å². The molecule has 3 unspecified atom stereocenters. The third-order valence-electron chi connectivity index (χ3n) is 6.02. The van der Waals surface area contributed by atoms with Crippen LogP contribution in [-0.2, 0) is 14.8 Å². The molecule has 2 aliphatic rings. The van der Waals surface area contributed by atoms with Gasteiger partial charge in [0.2, 0.25) is 0 Å². The monoisotopic (exact) mass is 418 g/mol. The molecule has 1 aromatic carbocycles. The first-order chi connectivity index (χ1) is 13.9. The van der Waals surface area contributed by atoms with Crippen molar-refractivity contribution < 1.29 is 18.3 Å². The fourth-order valence-corrected chi connectivity index (χ4v) is 5.34. The van der Waals surface area contributed by atoms with Crippen LogP contribution in [0.1, 0.15) is 50.5 Å². The maximum Gasteiger partial charge on any atom is 0.303 e. The van der Waals surface area contributed by atoms with E-state index < -0.39 is 16.0 Å². The highest BCUT2D eigenvalue weighted by Crippen LogP contribution is 2.53. The van der Waals surface area contributed by atoms with Gasteiger partial charge in [-0.3, -0.25) is 4.79 Å². The molecule has 29 heavy (non-hydrogen) atoms. The van der Waals surface area contributed by atoms with Gasteiger partial charge in [0, 0.05) is 12.6 Å². The Balaban J connectivity index is 1.56. The number of hydrogen-bond acceptors (Lipinski definition) is 4. The van der Waals surface area contributed by atoms with Gasteiger partial charge in [-0.25, -0.2) is 8.42 Å². The lowest BCUT2D eigenvalue weighted by Gasteiger charge is -2.24. The zero-order valence-corrected chi connectivity index (χ0v) is 17.6. The van der Waals surface area contributed by atoms with Gasteiger partial charge in [0.15, 0.2) is 0 Å². The van der Waals surface area contributed by atoms with Gasteiger partial charge in [-0.1, -0.05) is 29.8 Å². The van der Waals surface area contributed by atoms with Crippen molar-refractivity contribution in [3.8, 4) is 0 Å². The summed E-state index contributed by atoms with van der Waals surface area (Å²) in [5.74, 6) is 0.865. The average molecular weight is 419 g/mol. The summed E-state index contributed by atoms with van der Waals surface area (Å²) < 4.78 is 24.8. The number of aliphatic carboxylic acids is 1. The standard InChI is InChI=1S/C22H30N2O4S/c1-16-8-12-19(13-9-16)29(27,28)24-23-15-21-18-11-10-17(14-18)20(21)6-4-2-3-5-7-22(25)26/h2,4,8-9,12-13,15,17-18,20,23-24H,3,5-7,10-11,14H2,1H3,(H,25,26). The highest BCUT2D eigenvalue weighted by Gasteiger charge is 2.42. The molecule has 2 bridgehead atoms. The molecule has 0 saturated heterocycles. The molecule has 0 spiro atoms. The maximum absolute atomic E-state index is 12.4. The number of nitrogens with one attached hydrogen (secondary N) is 2. The first kappa shape index (κ1) is 21.6. The highest BCUT2D eigenvalue weighted by atomic mass is 32.2. The van der Waals surface area contributed by atoms with Crippen molar-refractivity contribution in [3.63, 3.8) is 0 Å².